The average molecular weight is 410 g/mol. The molecule has 1 heterocycles. The number of rotatable bonds is 4. The van der Waals surface area contributed by atoms with Crippen molar-refractivity contribution in [3.63, 3.8) is 0 Å². The first kappa shape index (κ1) is 19.0. The number of hydrogen-bond acceptors (Lipinski definition) is 3. The van der Waals surface area contributed by atoms with E-state index in [1.807, 2.05) is 6.07 Å². The number of anilines is 1. The highest BCUT2D eigenvalue weighted by atomic mass is 35.5. The summed E-state index contributed by atoms with van der Waals surface area (Å²) in [6, 6.07) is 19.1. The first-order chi connectivity index (χ1) is 14.0. The van der Waals surface area contributed by atoms with E-state index >= 15 is 0 Å². The highest BCUT2D eigenvalue weighted by molar-refractivity contribution is 6.32. The fraction of sp³-hybridized carbons (Fsp3) is 0.0870. The second-order valence-corrected chi connectivity index (χ2v) is 6.97. The third-order valence-corrected chi connectivity index (χ3v) is 5.26. The summed E-state index contributed by atoms with van der Waals surface area (Å²) >= 11 is 6.46. The van der Waals surface area contributed by atoms with Crippen molar-refractivity contribution in [2.45, 2.75) is 6.04 Å². The molecule has 4 rings (SSSR count). The Balaban J connectivity index is 1.91. The molecule has 0 unspecified atom stereocenters. The maximum atomic E-state index is 13.4. The van der Waals surface area contributed by atoms with Gasteiger partial charge < -0.3 is 9.84 Å². The number of aliphatic hydroxyl groups excluding tert-OH is 1. The van der Waals surface area contributed by atoms with Gasteiger partial charge in [0, 0.05) is 16.3 Å². The lowest BCUT2D eigenvalue weighted by Gasteiger charge is -2.28. The zero-order valence-corrected chi connectivity index (χ0v) is 16.2. The minimum Gasteiger partial charge on any atom is -0.503 e. The molecule has 0 saturated heterocycles. The molecule has 0 bridgehead atoms. The van der Waals surface area contributed by atoms with E-state index in [0.29, 0.717) is 33.2 Å². The molecule has 1 amide bonds. The first-order valence-electron chi connectivity index (χ1n) is 8.92. The van der Waals surface area contributed by atoms with E-state index in [1.165, 1.54) is 29.2 Å². The second-order valence-electron chi connectivity index (χ2n) is 6.57. The van der Waals surface area contributed by atoms with Crippen molar-refractivity contribution in [1.29, 1.82) is 0 Å². The number of halogens is 2. The molecule has 3 aromatic carbocycles. The van der Waals surface area contributed by atoms with E-state index in [0.717, 1.165) is 0 Å². The second kappa shape index (κ2) is 7.60. The van der Waals surface area contributed by atoms with Crippen LogP contribution in [0.5, 0.6) is 5.75 Å². The van der Waals surface area contributed by atoms with Crippen molar-refractivity contribution in [2.75, 3.05) is 12.0 Å². The quantitative estimate of drug-likeness (QED) is 0.615. The largest absolute Gasteiger partial charge is 0.503 e. The smallest absolute Gasteiger partial charge is 0.294 e. The van der Waals surface area contributed by atoms with Crippen LogP contribution in [0.25, 0.3) is 5.57 Å². The molecule has 0 spiro atoms. The van der Waals surface area contributed by atoms with Crippen molar-refractivity contribution in [2.24, 2.45) is 0 Å². The van der Waals surface area contributed by atoms with Gasteiger partial charge in [-0.25, -0.2) is 4.39 Å². The Labute approximate surface area is 172 Å². The summed E-state index contributed by atoms with van der Waals surface area (Å²) in [6.45, 7) is 0. The Hall–Kier alpha value is -3.31. The Kier molecular flexibility index (Phi) is 4.99. The van der Waals surface area contributed by atoms with Crippen LogP contribution in [0, 0.1) is 5.82 Å². The minimum atomic E-state index is -0.671. The minimum absolute atomic E-state index is 0.371. The molecule has 1 atom stereocenters. The number of ether oxygens (including phenoxy) is 1. The van der Waals surface area contributed by atoms with E-state index in [9.17, 15) is 14.3 Å². The molecule has 0 fully saturated rings. The SMILES string of the molecule is COc1ccc(C2=C(O)C(=O)N(c3ccc(F)cc3)[C@H]2c2ccccc2Cl)cc1. The van der Waals surface area contributed by atoms with Gasteiger partial charge in [0.05, 0.1) is 13.2 Å². The Bertz CT molecular complexity index is 1090. The van der Waals surface area contributed by atoms with Crippen LogP contribution >= 0.6 is 11.6 Å². The normalized spacial score (nSPS) is 16.4. The maximum absolute atomic E-state index is 13.4. The molecule has 4 nitrogen and oxygen atoms in total. The predicted octanol–water partition coefficient (Wildman–Crippen LogP) is 5.54. The lowest BCUT2D eigenvalue weighted by Crippen LogP contribution is -2.30. The number of benzene rings is 3. The van der Waals surface area contributed by atoms with Gasteiger partial charge in [-0.1, -0.05) is 41.9 Å². The van der Waals surface area contributed by atoms with Crippen LogP contribution in [0.4, 0.5) is 10.1 Å². The molecule has 0 radical (unpaired) electrons. The van der Waals surface area contributed by atoms with Crippen LogP contribution < -0.4 is 9.64 Å². The van der Waals surface area contributed by atoms with E-state index in [1.54, 1.807) is 49.6 Å². The number of amides is 1. The number of aliphatic hydroxyl groups is 1. The highest BCUT2D eigenvalue weighted by Crippen LogP contribution is 2.47. The topological polar surface area (TPSA) is 49.8 Å². The van der Waals surface area contributed by atoms with Crippen molar-refractivity contribution in [3.05, 3.63) is 101 Å². The number of nitrogens with zero attached hydrogens (tertiary/aromatic N) is 1. The number of methoxy groups -OCH3 is 1. The molecule has 0 aliphatic carbocycles. The molecule has 0 saturated carbocycles. The van der Waals surface area contributed by atoms with Gasteiger partial charge in [-0.05, 0) is 53.6 Å². The zero-order chi connectivity index (χ0) is 20.5. The third kappa shape index (κ3) is 3.34. The van der Waals surface area contributed by atoms with Gasteiger partial charge in [0.15, 0.2) is 5.76 Å². The van der Waals surface area contributed by atoms with Gasteiger partial charge in [-0.3, -0.25) is 9.69 Å². The molecule has 1 aliphatic rings. The average Bonchev–Trinajstić information content (AvgIpc) is 3.00. The fourth-order valence-electron chi connectivity index (χ4n) is 3.53. The summed E-state index contributed by atoms with van der Waals surface area (Å²) in [4.78, 5) is 14.5. The van der Waals surface area contributed by atoms with Crippen molar-refractivity contribution >= 4 is 28.8 Å². The van der Waals surface area contributed by atoms with Gasteiger partial charge >= 0.3 is 0 Å². The molecular formula is C23H17ClFNO3. The monoisotopic (exact) mass is 409 g/mol. The van der Waals surface area contributed by atoms with Crippen LogP contribution in [0.15, 0.2) is 78.6 Å². The van der Waals surface area contributed by atoms with E-state index in [-0.39, 0.29) is 5.76 Å². The summed E-state index contributed by atoms with van der Waals surface area (Å²) in [6.07, 6.45) is 0. The van der Waals surface area contributed by atoms with Gasteiger partial charge in [0.2, 0.25) is 0 Å². The standard InChI is InChI=1S/C23H17ClFNO3/c1-29-17-12-6-14(7-13-17)20-21(18-4-2-3-5-19(18)24)26(23(28)22(20)27)16-10-8-15(25)9-11-16/h2-13,21,27H,1H3/t21-/m0/s1. The van der Waals surface area contributed by atoms with Crippen LogP contribution in [0.3, 0.4) is 0 Å². The predicted molar refractivity (Wildman–Crippen MR) is 111 cm³/mol. The molecule has 29 heavy (non-hydrogen) atoms. The lowest BCUT2D eigenvalue weighted by molar-refractivity contribution is -0.117. The number of carbonyl (C=O) groups excluding carboxylic acids is 1. The fourth-order valence-corrected chi connectivity index (χ4v) is 3.77. The summed E-state index contributed by atoms with van der Waals surface area (Å²) in [5.41, 5.74) is 2.19. The Morgan fingerprint density at radius 3 is 2.28 bits per heavy atom. The van der Waals surface area contributed by atoms with Crippen molar-refractivity contribution < 1.29 is 19.0 Å². The third-order valence-electron chi connectivity index (χ3n) is 4.91. The van der Waals surface area contributed by atoms with Gasteiger partial charge in [0.25, 0.3) is 5.91 Å². The maximum Gasteiger partial charge on any atom is 0.294 e. The van der Waals surface area contributed by atoms with Gasteiger partial charge in [0.1, 0.15) is 11.6 Å². The molecule has 3 aromatic rings. The Morgan fingerprint density at radius 2 is 1.66 bits per heavy atom. The van der Waals surface area contributed by atoms with Crippen LogP contribution in [-0.2, 0) is 4.79 Å². The highest BCUT2D eigenvalue weighted by Gasteiger charge is 2.42. The summed E-state index contributed by atoms with van der Waals surface area (Å²) < 4.78 is 18.6. The summed E-state index contributed by atoms with van der Waals surface area (Å²) in [5, 5.41) is 11.2. The summed E-state index contributed by atoms with van der Waals surface area (Å²) in [7, 11) is 1.56. The first-order valence-corrected chi connectivity index (χ1v) is 9.30. The van der Waals surface area contributed by atoms with Crippen LogP contribution in [0.2, 0.25) is 5.02 Å². The molecule has 6 heteroatoms. The van der Waals surface area contributed by atoms with E-state index in [2.05, 4.69) is 0 Å². The molecule has 0 aromatic heterocycles. The van der Waals surface area contributed by atoms with Gasteiger partial charge in [-0.15, -0.1) is 0 Å². The molecule has 146 valence electrons. The van der Waals surface area contributed by atoms with E-state index in [4.69, 9.17) is 16.3 Å². The van der Waals surface area contributed by atoms with Crippen molar-refractivity contribution in [1.82, 2.24) is 0 Å². The molecule has 1 N–H and O–H groups in total. The molecule has 1 aliphatic heterocycles. The zero-order valence-electron chi connectivity index (χ0n) is 15.5. The van der Waals surface area contributed by atoms with Crippen molar-refractivity contribution in [3.8, 4) is 5.75 Å². The van der Waals surface area contributed by atoms with Crippen LogP contribution in [0.1, 0.15) is 17.2 Å². The summed E-state index contributed by atoms with van der Waals surface area (Å²) in [5.74, 6) is -0.707. The van der Waals surface area contributed by atoms with E-state index < -0.39 is 17.8 Å². The van der Waals surface area contributed by atoms with Gasteiger partial charge in [-0.2, -0.15) is 0 Å². The molecular weight excluding hydrogens is 393 g/mol. The van der Waals surface area contributed by atoms with Crippen LogP contribution in [-0.4, -0.2) is 18.1 Å². The number of hydrogen-bond donors (Lipinski definition) is 1. The number of carbonyl (C=O) groups is 1. The lowest BCUT2D eigenvalue weighted by atomic mass is 9.93. The Morgan fingerprint density at radius 1 is 1.00 bits per heavy atom.